The first kappa shape index (κ1) is 17.3. The normalized spacial score (nSPS) is 18.5. The third kappa shape index (κ3) is 4.31. The number of fused-ring (bicyclic) bond motifs is 1. The van der Waals surface area contributed by atoms with Crippen LogP contribution in [0.15, 0.2) is 48.5 Å². The minimum Gasteiger partial charge on any atom is -0.494 e. The molecule has 3 N–H and O–H groups in total. The minimum atomic E-state index is -0.578. The molecule has 3 rings (SSSR count). The molecule has 0 saturated carbocycles. The van der Waals surface area contributed by atoms with Gasteiger partial charge in [0.1, 0.15) is 5.75 Å². The summed E-state index contributed by atoms with van der Waals surface area (Å²) in [5, 5.41) is 15.9. The van der Waals surface area contributed by atoms with Crippen LogP contribution >= 0.6 is 0 Å². The number of carbonyl (C=O) groups is 1. The first-order valence-corrected chi connectivity index (χ1v) is 8.69. The van der Waals surface area contributed by atoms with Crippen LogP contribution in [0.1, 0.15) is 29.7 Å². The highest BCUT2D eigenvalue weighted by molar-refractivity contribution is 5.74. The third-order valence-electron chi connectivity index (χ3n) is 4.40. The monoisotopic (exact) mass is 340 g/mol. The van der Waals surface area contributed by atoms with Gasteiger partial charge in [-0.1, -0.05) is 36.4 Å². The van der Waals surface area contributed by atoms with E-state index in [1.165, 1.54) is 0 Å². The molecule has 2 aromatic rings. The van der Waals surface area contributed by atoms with Gasteiger partial charge in [0.2, 0.25) is 0 Å². The van der Waals surface area contributed by atoms with E-state index in [0.29, 0.717) is 19.6 Å². The highest BCUT2D eigenvalue weighted by Gasteiger charge is 2.31. The van der Waals surface area contributed by atoms with E-state index in [1.807, 2.05) is 55.5 Å². The predicted octanol–water partition coefficient (Wildman–Crippen LogP) is 2.59. The fraction of sp³-hybridized carbons (Fsp3) is 0.350. The van der Waals surface area contributed by atoms with E-state index in [9.17, 15) is 9.90 Å². The number of hydrogen-bond donors (Lipinski definition) is 3. The van der Waals surface area contributed by atoms with Crippen molar-refractivity contribution in [2.24, 2.45) is 0 Å². The lowest BCUT2D eigenvalue weighted by atomic mass is 10.1. The van der Waals surface area contributed by atoms with Gasteiger partial charge in [0.25, 0.3) is 0 Å². The first-order valence-electron chi connectivity index (χ1n) is 8.69. The van der Waals surface area contributed by atoms with Crippen LogP contribution in [-0.4, -0.2) is 30.4 Å². The summed E-state index contributed by atoms with van der Waals surface area (Å²) >= 11 is 0. The van der Waals surface area contributed by atoms with Crippen molar-refractivity contribution in [1.29, 1.82) is 0 Å². The van der Waals surface area contributed by atoms with E-state index < -0.39 is 6.10 Å². The second kappa shape index (κ2) is 8.03. The average molecular weight is 340 g/mol. The highest BCUT2D eigenvalue weighted by Crippen LogP contribution is 2.30. The number of hydrogen-bond acceptors (Lipinski definition) is 3. The summed E-state index contributed by atoms with van der Waals surface area (Å²) in [7, 11) is 0. The number of aliphatic hydroxyl groups excluding tert-OH is 1. The third-order valence-corrected chi connectivity index (χ3v) is 4.40. The van der Waals surface area contributed by atoms with Gasteiger partial charge >= 0.3 is 6.03 Å². The summed E-state index contributed by atoms with van der Waals surface area (Å²) in [5.74, 6) is 0.843. The van der Waals surface area contributed by atoms with Gasteiger partial charge in [0.05, 0.1) is 18.8 Å². The first-order chi connectivity index (χ1) is 12.2. The Balaban J connectivity index is 1.50. The van der Waals surface area contributed by atoms with Gasteiger partial charge in [-0.3, -0.25) is 0 Å². The van der Waals surface area contributed by atoms with Crippen LogP contribution in [0, 0.1) is 0 Å². The molecule has 0 fully saturated rings. The highest BCUT2D eigenvalue weighted by atomic mass is 16.5. The Labute approximate surface area is 148 Å². The number of ether oxygens (including phenoxy) is 1. The predicted molar refractivity (Wildman–Crippen MR) is 96.7 cm³/mol. The van der Waals surface area contributed by atoms with Gasteiger partial charge in [0.15, 0.2) is 0 Å². The van der Waals surface area contributed by atoms with Gasteiger partial charge in [-0.25, -0.2) is 4.79 Å². The number of amides is 2. The van der Waals surface area contributed by atoms with Gasteiger partial charge in [-0.15, -0.1) is 0 Å². The molecule has 0 heterocycles. The van der Waals surface area contributed by atoms with E-state index in [0.717, 1.165) is 28.9 Å². The van der Waals surface area contributed by atoms with Crippen LogP contribution in [-0.2, 0) is 12.8 Å². The van der Waals surface area contributed by atoms with Crippen molar-refractivity contribution in [1.82, 2.24) is 10.6 Å². The lowest BCUT2D eigenvalue weighted by Crippen LogP contribution is -2.41. The second-order valence-corrected chi connectivity index (χ2v) is 6.18. The Morgan fingerprint density at radius 1 is 1.24 bits per heavy atom. The molecule has 25 heavy (non-hydrogen) atoms. The molecule has 1 aliphatic carbocycles. The quantitative estimate of drug-likeness (QED) is 0.757. The maximum atomic E-state index is 12.2. The van der Waals surface area contributed by atoms with Crippen LogP contribution in [0.25, 0.3) is 0 Å². The van der Waals surface area contributed by atoms with Gasteiger partial charge in [-0.2, -0.15) is 0 Å². The molecule has 0 aliphatic heterocycles. The SMILES string of the molecule is CCOc1cccc(CCNC(=O)N[C@H]2c3ccccc3C[C@H]2O)c1. The van der Waals surface area contributed by atoms with E-state index >= 15 is 0 Å². The van der Waals surface area contributed by atoms with Crippen LogP contribution in [0.5, 0.6) is 5.75 Å². The van der Waals surface area contributed by atoms with Crippen molar-refractivity contribution < 1.29 is 14.6 Å². The molecular formula is C20H24N2O3. The van der Waals surface area contributed by atoms with E-state index in [2.05, 4.69) is 10.6 Å². The topological polar surface area (TPSA) is 70.6 Å². The summed E-state index contributed by atoms with van der Waals surface area (Å²) in [6.45, 7) is 3.11. The van der Waals surface area contributed by atoms with Gasteiger partial charge < -0.3 is 20.5 Å². The maximum absolute atomic E-state index is 12.2. The lowest BCUT2D eigenvalue weighted by molar-refractivity contribution is 0.142. The van der Waals surface area contributed by atoms with E-state index in [1.54, 1.807) is 0 Å². The van der Waals surface area contributed by atoms with Crippen molar-refractivity contribution >= 4 is 6.03 Å². The number of nitrogens with one attached hydrogen (secondary N) is 2. The second-order valence-electron chi connectivity index (χ2n) is 6.18. The molecular weight excluding hydrogens is 316 g/mol. The number of rotatable bonds is 6. The molecule has 0 aromatic heterocycles. The van der Waals surface area contributed by atoms with Crippen molar-refractivity contribution in [2.75, 3.05) is 13.2 Å². The molecule has 2 aromatic carbocycles. The fourth-order valence-electron chi connectivity index (χ4n) is 3.22. The van der Waals surface area contributed by atoms with Crippen LogP contribution in [0.3, 0.4) is 0 Å². The van der Waals surface area contributed by atoms with E-state index in [4.69, 9.17) is 4.74 Å². The number of carbonyl (C=O) groups excluding carboxylic acids is 1. The Morgan fingerprint density at radius 3 is 2.92 bits per heavy atom. The van der Waals surface area contributed by atoms with Gasteiger partial charge in [0, 0.05) is 13.0 Å². The zero-order chi connectivity index (χ0) is 17.6. The molecule has 2 atom stereocenters. The zero-order valence-corrected chi connectivity index (χ0v) is 14.4. The molecule has 5 nitrogen and oxygen atoms in total. The van der Waals surface area contributed by atoms with Crippen LogP contribution in [0.4, 0.5) is 4.79 Å². The summed E-state index contributed by atoms with van der Waals surface area (Å²) in [6.07, 6.45) is 0.717. The standard InChI is InChI=1S/C20H24N2O3/c1-2-25-16-8-5-6-14(12-16)10-11-21-20(24)22-19-17-9-4-3-7-15(17)13-18(19)23/h3-9,12,18-19,23H,2,10-11,13H2,1H3,(H2,21,22,24)/t18-,19+/m1/s1. The Morgan fingerprint density at radius 2 is 2.08 bits per heavy atom. The zero-order valence-electron chi connectivity index (χ0n) is 14.4. The maximum Gasteiger partial charge on any atom is 0.315 e. The summed E-state index contributed by atoms with van der Waals surface area (Å²) in [4.78, 5) is 12.2. The van der Waals surface area contributed by atoms with E-state index in [-0.39, 0.29) is 12.1 Å². The van der Waals surface area contributed by atoms with Crippen molar-refractivity contribution in [3.63, 3.8) is 0 Å². The Kier molecular flexibility index (Phi) is 5.56. The molecule has 2 amide bonds. The Bertz CT molecular complexity index is 732. The number of benzene rings is 2. The summed E-state index contributed by atoms with van der Waals surface area (Å²) in [6, 6.07) is 15.1. The average Bonchev–Trinajstić information content (AvgIpc) is 2.91. The van der Waals surface area contributed by atoms with Crippen molar-refractivity contribution in [3.8, 4) is 5.75 Å². The largest absolute Gasteiger partial charge is 0.494 e. The van der Waals surface area contributed by atoms with Crippen LogP contribution < -0.4 is 15.4 Å². The van der Waals surface area contributed by atoms with Gasteiger partial charge in [-0.05, 0) is 42.2 Å². The summed E-state index contributed by atoms with van der Waals surface area (Å²) in [5.41, 5.74) is 3.19. The summed E-state index contributed by atoms with van der Waals surface area (Å²) < 4.78 is 5.48. The number of aliphatic hydroxyl groups is 1. The molecule has 0 bridgehead atoms. The molecule has 5 heteroatoms. The van der Waals surface area contributed by atoms with Crippen LogP contribution in [0.2, 0.25) is 0 Å². The molecule has 0 spiro atoms. The van der Waals surface area contributed by atoms with Crippen molar-refractivity contribution in [3.05, 3.63) is 65.2 Å². The molecule has 132 valence electrons. The molecule has 0 radical (unpaired) electrons. The Hall–Kier alpha value is -2.53. The lowest BCUT2D eigenvalue weighted by Gasteiger charge is -2.18. The number of urea groups is 1. The van der Waals surface area contributed by atoms with Crippen molar-refractivity contribution in [2.45, 2.75) is 31.9 Å². The molecule has 1 aliphatic rings. The smallest absolute Gasteiger partial charge is 0.315 e. The fourth-order valence-corrected chi connectivity index (χ4v) is 3.22. The molecule has 0 saturated heterocycles. The molecule has 0 unspecified atom stereocenters. The minimum absolute atomic E-state index is 0.262.